The monoisotopic (exact) mass is 83.0 g/mol. The van der Waals surface area contributed by atoms with Gasteiger partial charge in [0, 0.05) is 0 Å². The Morgan fingerprint density at radius 3 is 2.80 bits per heavy atom. The smallest absolute Gasteiger partial charge is 0.120 e. The SMILES string of the molecule is [c-]1ccsc1. The first kappa shape index (κ1) is 2.91. The minimum Gasteiger partial charge on any atom is -0.273 e. The van der Waals surface area contributed by atoms with E-state index in [0.717, 1.165) is 0 Å². The summed E-state index contributed by atoms with van der Waals surface area (Å²) >= 11 is 1.66. The molecule has 0 saturated heterocycles. The maximum atomic E-state index is 2.88. The minimum atomic E-state index is 1.66. The molecule has 1 aromatic rings. The van der Waals surface area contributed by atoms with Gasteiger partial charge in [-0.05, 0) is 0 Å². The second-order valence-corrected chi connectivity index (χ2v) is 1.50. The molecule has 1 heteroatoms. The largest absolute Gasteiger partial charge is 0.273 e. The first-order valence-electron chi connectivity index (χ1n) is 1.38. The van der Waals surface area contributed by atoms with Gasteiger partial charge in [0.15, 0.2) is 0 Å². The fourth-order valence-electron chi connectivity index (χ4n) is 0.196. The van der Waals surface area contributed by atoms with E-state index in [1.165, 1.54) is 0 Å². The van der Waals surface area contributed by atoms with Crippen molar-refractivity contribution in [3.8, 4) is 0 Å². The standard InChI is InChI=1S/C4H3S/c1-2-4-5-3-1/h1,3-4H/q-1. The molecule has 26 valence electrons. The molecule has 0 aliphatic carbocycles. The van der Waals surface area contributed by atoms with E-state index in [-0.39, 0.29) is 0 Å². The quantitative estimate of drug-likeness (QED) is 0.417. The Kier molecular flexibility index (Phi) is 0.711. The van der Waals surface area contributed by atoms with Crippen LogP contribution in [0, 0.1) is 6.07 Å². The Hall–Kier alpha value is -0.300. The van der Waals surface area contributed by atoms with E-state index in [0.29, 0.717) is 0 Å². The molecule has 0 saturated carbocycles. The molecule has 1 aromatic heterocycles. The summed E-state index contributed by atoms with van der Waals surface area (Å²) < 4.78 is 0. The molecule has 0 spiro atoms. The third-order valence-electron chi connectivity index (χ3n) is 0.379. The summed E-state index contributed by atoms with van der Waals surface area (Å²) in [7, 11) is 0. The van der Waals surface area contributed by atoms with Gasteiger partial charge in [0.2, 0.25) is 0 Å². The van der Waals surface area contributed by atoms with Crippen molar-refractivity contribution in [3.05, 3.63) is 22.9 Å². The van der Waals surface area contributed by atoms with Gasteiger partial charge >= 0.3 is 0 Å². The molecular weight excluding hydrogens is 80.1 g/mol. The van der Waals surface area contributed by atoms with Gasteiger partial charge in [-0.2, -0.15) is 5.38 Å². The highest BCUT2D eigenvalue weighted by Gasteiger charge is 1.43. The molecule has 0 aliphatic rings. The van der Waals surface area contributed by atoms with Crippen LogP contribution in [-0.2, 0) is 0 Å². The molecule has 1 rings (SSSR count). The van der Waals surface area contributed by atoms with E-state index < -0.39 is 0 Å². The lowest BCUT2D eigenvalue weighted by Crippen LogP contribution is -1.19. The highest BCUT2D eigenvalue weighted by Crippen LogP contribution is 1.90. The molecule has 5 heavy (non-hydrogen) atoms. The molecule has 0 aromatic carbocycles. The summed E-state index contributed by atoms with van der Waals surface area (Å²) in [6.45, 7) is 0. The van der Waals surface area contributed by atoms with Crippen molar-refractivity contribution in [1.29, 1.82) is 0 Å². The van der Waals surface area contributed by atoms with E-state index in [4.69, 9.17) is 0 Å². The van der Waals surface area contributed by atoms with Gasteiger partial charge < -0.3 is 0 Å². The van der Waals surface area contributed by atoms with Gasteiger partial charge in [-0.25, -0.2) is 12.1 Å². The molecule has 0 fully saturated rings. The molecule has 0 aliphatic heterocycles. The molecule has 0 radical (unpaired) electrons. The zero-order chi connectivity index (χ0) is 3.54. The summed E-state index contributed by atoms with van der Waals surface area (Å²) in [6.07, 6.45) is 0. The average molecular weight is 83.1 g/mol. The van der Waals surface area contributed by atoms with Crippen molar-refractivity contribution in [1.82, 2.24) is 0 Å². The van der Waals surface area contributed by atoms with Gasteiger partial charge in [-0.1, -0.05) is 0 Å². The van der Waals surface area contributed by atoms with Crippen LogP contribution in [0.3, 0.4) is 0 Å². The molecular formula is C4H3S-. The van der Waals surface area contributed by atoms with Crippen LogP contribution in [-0.4, -0.2) is 0 Å². The highest BCUT2D eigenvalue weighted by atomic mass is 32.1. The molecule has 0 N–H and O–H groups in total. The van der Waals surface area contributed by atoms with E-state index >= 15 is 0 Å². The van der Waals surface area contributed by atoms with Crippen LogP contribution in [0.25, 0.3) is 0 Å². The normalized spacial score (nSPS) is 8.00. The Morgan fingerprint density at radius 2 is 2.60 bits per heavy atom. The lowest BCUT2D eigenvalue weighted by atomic mass is 10.7. The van der Waals surface area contributed by atoms with Crippen molar-refractivity contribution >= 4 is 11.3 Å². The second kappa shape index (κ2) is 1.22. The van der Waals surface area contributed by atoms with E-state index in [2.05, 4.69) is 6.07 Å². The zero-order valence-corrected chi connectivity index (χ0v) is 3.46. The predicted molar refractivity (Wildman–Crippen MR) is 23.2 cm³/mol. The first-order valence-corrected chi connectivity index (χ1v) is 2.32. The molecule has 0 nitrogen and oxygen atoms in total. The molecule has 0 atom stereocenters. The average Bonchev–Trinajstić information content (AvgIpc) is 1.76. The van der Waals surface area contributed by atoms with E-state index in [1.54, 1.807) is 11.3 Å². The summed E-state index contributed by atoms with van der Waals surface area (Å²) in [5.74, 6) is 0. The third-order valence-corrected chi connectivity index (χ3v) is 0.944. The van der Waals surface area contributed by atoms with Crippen LogP contribution in [0.15, 0.2) is 16.8 Å². The maximum Gasteiger partial charge on any atom is -0.120 e. The minimum absolute atomic E-state index is 1.66. The fraction of sp³-hybridized carbons (Fsp3) is 0. The van der Waals surface area contributed by atoms with Crippen LogP contribution < -0.4 is 0 Å². The van der Waals surface area contributed by atoms with Crippen molar-refractivity contribution in [2.45, 2.75) is 0 Å². The van der Waals surface area contributed by atoms with Crippen molar-refractivity contribution < 1.29 is 0 Å². The van der Waals surface area contributed by atoms with E-state index in [9.17, 15) is 0 Å². The topological polar surface area (TPSA) is 0 Å². The van der Waals surface area contributed by atoms with Crippen LogP contribution >= 0.6 is 11.3 Å². The number of hydrogen-bond donors (Lipinski definition) is 0. The van der Waals surface area contributed by atoms with Crippen LogP contribution in [0.5, 0.6) is 0 Å². The van der Waals surface area contributed by atoms with Crippen LogP contribution in [0.4, 0.5) is 0 Å². The van der Waals surface area contributed by atoms with Crippen molar-refractivity contribution in [2.24, 2.45) is 0 Å². The third kappa shape index (κ3) is 0.484. The molecule has 0 unspecified atom stereocenters. The summed E-state index contributed by atoms with van der Waals surface area (Å²) in [5.41, 5.74) is 0. The van der Waals surface area contributed by atoms with Crippen LogP contribution in [0.1, 0.15) is 0 Å². The second-order valence-electron chi connectivity index (χ2n) is 0.723. The van der Waals surface area contributed by atoms with Crippen molar-refractivity contribution in [3.63, 3.8) is 0 Å². The lowest BCUT2D eigenvalue weighted by molar-refractivity contribution is 1.99. The molecule has 1 heterocycles. The van der Waals surface area contributed by atoms with E-state index in [1.807, 2.05) is 16.8 Å². The van der Waals surface area contributed by atoms with Gasteiger partial charge in [-0.3, -0.25) is 11.3 Å². The van der Waals surface area contributed by atoms with Gasteiger partial charge in [0.05, 0.1) is 0 Å². The van der Waals surface area contributed by atoms with Gasteiger partial charge in [0.1, 0.15) is 0 Å². The summed E-state index contributed by atoms with van der Waals surface area (Å²) in [6, 6.07) is 4.77. The Bertz CT molecular complexity index is 60.1. The Morgan fingerprint density at radius 1 is 1.60 bits per heavy atom. The summed E-state index contributed by atoms with van der Waals surface area (Å²) in [4.78, 5) is 0. The first-order chi connectivity index (χ1) is 2.50. The Balaban J connectivity index is 3.13. The molecule has 0 amide bonds. The van der Waals surface area contributed by atoms with Crippen LogP contribution in [0.2, 0.25) is 0 Å². The van der Waals surface area contributed by atoms with Crippen molar-refractivity contribution in [2.75, 3.05) is 0 Å². The maximum absolute atomic E-state index is 2.88. The highest BCUT2D eigenvalue weighted by molar-refractivity contribution is 7.07. The number of hydrogen-bond acceptors (Lipinski definition) is 1. The lowest BCUT2D eigenvalue weighted by Gasteiger charge is -1.53. The van der Waals surface area contributed by atoms with Gasteiger partial charge in [0.25, 0.3) is 0 Å². The zero-order valence-electron chi connectivity index (χ0n) is 2.64. The number of rotatable bonds is 0. The Labute approximate surface area is 35.1 Å². The molecule has 0 bridgehead atoms. The number of thiophene rings is 1. The summed E-state index contributed by atoms with van der Waals surface area (Å²) in [5, 5.41) is 3.90. The predicted octanol–water partition coefficient (Wildman–Crippen LogP) is 1.55. The fourth-order valence-corrected chi connectivity index (χ4v) is 0.589. The van der Waals surface area contributed by atoms with Gasteiger partial charge in [-0.15, -0.1) is 5.38 Å².